The SMILES string of the molecule is CCCCCCN(CCC(=O)OC)C(=O)c1cccc([N+](=O)[O-])c1. The van der Waals surface area contributed by atoms with Crippen molar-refractivity contribution in [1.29, 1.82) is 0 Å². The first-order chi connectivity index (χ1) is 11.5. The van der Waals surface area contributed by atoms with E-state index in [1.165, 1.54) is 25.3 Å². The molecule has 0 aromatic heterocycles. The molecule has 7 nitrogen and oxygen atoms in total. The van der Waals surface area contributed by atoms with Gasteiger partial charge in [0, 0.05) is 30.8 Å². The topological polar surface area (TPSA) is 89.8 Å². The first-order valence-corrected chi connectivity index (χ1v) is 8.10. The highest BCUT2D eigenvalue weighted by molar-refractivity contribution is 5.95. The van der Waals surface area contributed by atoms with E-state index in [1.807, 2.05) is 0 Å². The molecule has 0 aliphatic carbocycles. The Morgan fingerprint density at radius 3 is 2.58 bits per heavy atom. The zero-order chi connectivity index (χ0) is 17.9. The molecule has 1 amide bonds. The minimum atomic E-state index is -0.531. The summed E-state index contributed by atoms with van der Waals surface area (Å²) in [4.78, 5) is 35.9. The molecule has 0 saturated heterocycles. The third-order valence-electron chi connectivity index (χ3n) is 3.69. The third kappa shape index (κ3) is 6.36. The largest absolute Gasteiger partial charge is 0.469 e. The van der Waals surface area contributed by atoms with E-state index in [1.54, 1.807) is 11.0 Å². The number of esters is 1. The van der Waals surface area contributed by atoms with E-state index >= 15 is 0 Å². The quantitative estimate of drug-likeness (QED) is 0.283. The van der Waals surface area contributed by atoms with Crippen LogP contribution in [0.4, 0.5) is 5.69 Å². The second-order valence-electron chi connectivity index (χ2n) is 5.49. The molecule has 0 N–H and O–H groups in total. The summed E-state index contributed by atoms with van der Waals surface area (Å²) >= 11 is 0. The lowest BCUT2D eigenvalue weighted by Gasteiger charge is -2.22. The molecule has 0 aliphatic rings. The maximum absolute atomic E-state index is 12.6. The minimum absolute atomic E-state index is 0.102. The average Bonchev–Trinajstić information content (AvgIpc) is 2.60. The summed E-state index contributed by atoms with van der Waals surface area (Å²) in [5.74, 6) is -0.695. The molecule has 0 atom stereocenters. The van der Waals surface area contributed by atoms with Crippen LogP contribution in [0.25, 0.3) is 0 Å². The van der Waals surface area contributed by atoms with E-state index in [2.05, 4.69) is 11.7 Å². The normalized spacial score (nSPS) is 10.2. The summed E-state index contributed by atoms with van der Waals surface area (Å²) in [6, 6.07) is 5.64. The Balaban J connectivity index is 2.82. The summed E-state index contributed by atoms with van der Waals surface area (Å²) in [5.41, 5.74) is 0.129. The number of carbonyl (C=O) groups is 2. The van der Waals surface area contributed by atoms with E-state index in [9.17, 15) is 19.7 Å². The number of carbonyl (C=O) groups excluding carboxylic acids is 2. The number of hydrogen-bond acceptors (Lipinski definition) is 5. The lowest BCUT2D eigenvalue weighted by molar-refractivity contribution is -0.384. The molecule has 0 aliphatic heterocycles. The van der Waals surface area contributed by atoms with Crippen molar-refractivity contribution in [1.82, 2.24) is 4.90 Å². The van der Waals surface area contributed by atoms with E-state index in [0.717, 1.165) is 25.7 Å². The van der Waals surface area contributed by atoms with Gasteiger partial charge in [0.2, 0.25) is 0 Å². The Morgan fingerprint density at radius 2 is 1.96 bits per heavy atom. The van der Waals surface area contributed by atoms with Gasteiger partial charge in [-0.05, 0) is 12.5 Å². The fraction of sp³-hybridized carbons (Fsp3) is 0.529. The van der Waals surface area contributed by atoms with E-state index in [4.69, 9.17) is 0 Å². The van der Waals surface area contributed by atoms with Crippen molar-refractivity contribution in [2.24, 2.45) is 0 Å². The summed E-state index contributed by atoms with van der Waals surface area (Å²) in [5, 5.41) is 10.9. The summed E-state index contributed by atoms with van der Waals surface area (Å²) < 4.78 is 4.61. The van der Waals surface area contributed by atoms with Crippen LogP contribution in [0.3, 0.4) is 0 Å². The van der Waals surface area contributed by atoms with Gasteiger partial charge in [0.05, 0.1) is 18.5 Å². The maximum Gasteiger partial charge on any atom is 0.307 e. The Morgan fingerprint density at radius 1 is 1.21 bits per heavy atom. The van der Waals surface area contributed by atoms with Crippen LogP contribution in [-0.2, 0) is 9.53 Å². The van der Waals surface area contributed by atoms with Crippen LogP contribution in [0.5, 0.6) is 0 Å². The number of nitro groups is 1. The highest BCUT2D eigenvalue weighted by Crippen LogP contribution is 2.16. The van der Waals surface area contributed by atoms with Gasteiger partial charge in [-0.3, -0.25) is 19.7 Å². The first kappa shape index (κ1) is 19.6. The van der Waals surface area contributed by atoms with Crippen LogP contribution < -0.4 is 0 Å². The van der Waals surface area contributed by atoms with Crippen LogP contribution >= 0.6 is 0 Å². The molecule has 0 saturated carbocycles. The van der Waals surface area contributed by atoms with Gasteiger partial charge in [0.1, 0.15) is 0 Å². The zero-order valence-corrected chi connectivity index (χ0v) is 14.2. The molecular formula is C17H24N2O5. The van der Waals surface area contributed by atoms with Gasteiger partial charge in [-0.25, -0.2) is 0 Å². The monoisotopic (exact) mass is 336 g/mol. The Bertz CT molecular complexity index is 574. The predicted octanol–water partition coefficient (Wildman–Crippen LogP) is 3.18. The summed E-state index contributed by atoms with van der Waals surface area (Å²) in [6.45, 7) is 2.85. The fourth-order valence-electron chi connectivity index (χ4n) is 2.31. The van der Waals surface area contributed by atoms with Crippen LogP contribution in [-0.4, -0.2) is 41.9 Å². The van der Waals surface area contributed by atoms with E-state index in [0.29, 0.717) is 6.54 Å². The molecule has 0 bridgehead atoms. The lowest BCUT2D eigenvalue weighted by Crippen LogP contribution is -2.34. The average molecular weight is 336 g/mol. The van der Waals surface area contributed by atoms with Crippen LogP contribution in [0.15, 0.2) is 24.3 Å². The van der Waals surface area contributed by atoms with E-state index in [-0.39, 0.29) is 36.1 Å². The van der Waals surface area contributed by atoms with Crippen molar-refractivity contribution in [3.63, 3.8) is 0 Å². The molecule has 1 rings (SSSR count). The summed E-state index contributed by atoms with van der Waals surface area (Å²) in [7, 11) is 1.30. The van der Waals surface area contributed by atoms with Crippen molar-refractivity contribution in [2.75, 3.05) is 20.2 Å². The number of nitrogens with zero attached hydrogens (tertiary/aromatic N) is 2. The Labute approximate surface area is 141 Å². The number of methoxy groups -OCH3 is 1. The number of nitro benzene ring substituents is 1. The second kappa shape index (κ2) is 10.4. The number of benzene rings is 1. The van der Waals surface area contributed by atoms with Gasteiger partial charge in [0.25, 0.3) is 11.6 Å². The molecule has 132 valence electrons. The Kier molecular flexibility index (Phi) is 8.46. The predicted molar refractivity (Wildman–Crippen MR) is 89.8 cm³/mol. The fourth-order valence-corrected chi connectivity index (χ4v) is 2.31. The third-order valence-corrected chi connectivity index (χ3v) is 3.69. The van der Waals surface area contributed by atoms with Crippen LogP contribution in [0.1, 0.15) is 49.4 Å². The molecule has 1 aromatic rings. The molecule has 0 unspecified atom stereocenters. The van der Waals surface area contributed by atoms with Gasteiger partial charge in [0.15, 0.2) is 0 Å². The molecule has 0 radical (unpaired) electrons. The number of rotatable bonds is 10. The second-order valence-corrected chi connectivity index (χ2v) is 5.49. The van der Waals surface area contributed by atoms with Crippen LogP contribution in [0, 0.1) is 10.1 Å². The maximum atomic E-state index is 12.6. The number of hydrogen-bond donors (Lipinski definition) is 0. The molecular weight excluding hydrogens is 312 g/mol. The van der Waals surface area contributed by atoms with E-state index < -0.39 is 4.92 Å². The van der Waals surface area contributed by atoms with Gasteiger partial charge in [-0.1, -0.05) is 32.3 Å². The molecule has 7 heteroatoms. The molecule has 24 heavy (non-hydrogen) atoms. The van der Waals surface area contributed by atoms with Gasteiger partial charge < -0.3 is 9.64 Å². The molecule has 0 fully saturated rings. The number of ether oxygens (including phenoxy) is 1. The van der Waals surface area contributed by atoms with Crippen molar-refractivity contribution >= 4 is 17.6 Å². The van der Waals surface area contributed by atoms with Gasteiger partial charge in [-0.15, -0.1) is 0 Å². The highest BCUT2D eigenvalue weighted by Gasteiger charge is 2.19. The molecule has 0 heterocycles. The van der Waals surface area contributed by atoms with Gasteiger partial charge >= 0.3 is 5.97 Å². The number of amides is 1. The number of non-ortho nitro benzene ring substituents is 1. The van der Waals surface area contributed by atoms with Crippen molar-refractivity contribution in [3.05, 3.63) is 39.9 Å². The molecule has 0 spiro atoms. The number of unbranched alkanes of at least 4 members (excludes halogenated alkanes) is 3. The van der Waals surface area contributed by atoms with Gasteiger partial charge in [-0.2, -0.15) is 0 Å². The zero-order valence-electron chi connectivity index (χ0n) is 14.2. The standard InChI is InChI=1S/C17H24N2O5/c1-3-4-5-6-11-18(12-10-16(20)24-2)17(21)14-8-7-9-15(13-14)19(22)23/h7-9,13H,3-6,10-12H2,1-2H3. The van der Waals surface area contributed by atoms with Crippen molar-refractivity contribution < 1.29 is 19.2 Å². The lowest BCUT2D eigenvalue weighted by atomic mass is 10.1. The van der Waals surface area contributed by atoms with Crippen LogP contribution in [0.2, 0.25) is 0 Å². The first-order valence-electron chi connectivity index (χ1n) is 8.10. The molecule has 1 aromatic carbocycles. The summed E-state index contributed by atoms with van der Waals surface area (Å²) in [6.07, 6.45) is 4.09. The Hall–Kier alpha value is -2.44. The minimum Gasteiger partial charge on any atom is -0.469 e. The smallest absolute Gasteiger partial charge is 0.307 e. The van der Waals surface area contributed by atoms with Crippen molar-refractivity contribution in [3.8, 4) is 0 Å². The highest BCUT2D eigenvalue weighted by atomic mass is 16.6. The van der Waals surface area contributed by atoms with Crippen molar-refractivity contribution in [2.45, 2.75) is 39.0 Å².